The van der Waals surface area contributed by atoms with Crippen molar-refractivity contribution in [2.75, 3.05) is 75.0 Å². The van der Waals surface area contributed by atoms with Crippen LogP contribution in [0.5, 0.6) is 5.75 Å². The molecule has 5 aromatic carbocycles. The predicted molar refractivity (Wildman–Crippen MR) is 266 cm³/mol. The molecule has 10 rings (SSSR count). The number of cyclic esters (lactones) is 1. The quantitative estimate of drug-likeness (QED) is 0.0711. The van der Waals surface area contributed by atoms with Gasteiger partial charge in [0.1, 0.15) is 36.5 Å². The molecule has 71 heavy (non-hydrogen) atoms. The highest BCUT2D eigenvalue weighted by molar-refractivity contribution is 6.24. The monoisotopic (exact) mass is 956 g/mol. The Morgan fingerprint density at radius 1 is 0.803 bits per heavy atom. The van der Waals surface area contributed by atoms with Gasteiger partial charge in [0.25, 0.3) is 0 Å². The molecule has 1 aliphatic carbocycles. The number of hydrogen-bond donors (Lipinski definition) is 2. The van der Waals surface area contributed by atoms with Gasteiger partial charge in [0, 0.05) is 37.1 Å². The van der Waals surface area contributed by atoms with Crippen molar-refractivity contribution in [1.82, 2.24) is 4.90 Å². The van der Waals surface area contributed by atoms with Crippen molar-refractivity contribution in [2.45, 2.75) is 55.3 Å². The summed E-state index contributed by atoms with van der Waals surface area (Å²) in [6, 6.07) is 35.4. The molecule has 4 aliphatic heterocycles. The number of morpholine rings is 2. The number of ether oxygens (including phenoxy) is 5. The number of carbonyl (C=O) groups excluding carboxylic acids is 4. The molecule has 4 heterocycles. The lowest BCUT2D eigenvalue weighted by molar-refractivity contribution is -0.177. The van der Waals surface area contributed by atoms with E-state index in [1.165, 1.54) is 7.11 Å². The zero-order chi connectivity index (χ0) is 48.9. The van der Waals surface area contributed by atoms with Gasteiger partial charge in [0.15, 0.2) is 0 Å². The summed E-state index contributed by atoms with van der Waals surface area (Å²) in [5.74, 6) is 3.41. The molecular formula is C57H56N4O10. The Morgan fingerprint density at radius 2 is 1.55 bits per heavy atom. The molecule has 0 saturated carbocycles. The number of nitrogens with zero attached hydrogens (tertiary/aromatic N) is 3. The van der Waals surface area contributed by atoms with Crippen LogP contribution in [0.15, 0.2) is 139 Å². The minimum absolute atomic E-state index is 0.0165. The van der Waals surface area contributed by atoms with Crippen molar-refractivity contribution in [3.8, 4) is 17.6 Å². The number of imide groups is 1. The van der Waals surface area contributed by atoms with Crippen molar-refractivity contribution >= 4 is 40.9 Å². The van der Waals surface area contributed by atoms with Gasteiger partial charge >= 0.3 is 12.1 Å². The van der Waals surface area contributed by atoms with Gasteiger partial charge in [-0.1, -0.05) is 90.7 Å². The fourth-order valence-corrected chi connectivity index (χ4v) is 11.1. The van der Waals surface area contributed by atoms with Gasteiger partial charge in [0.05, 0.1) is 50.1 Å². The molecule has 0 aromatic heterocycles. The predicted octanol–water partition coefficient (Wildman–Crippen LogP) is 7.83. The number of esters is 1. The minimum atomic E-state index is -2.05. The number of nitrogens with one attached hydrogen (secondary N) is 1. The SMILES string of the molecule is COCCOC(=O)N1C(=O)[C@@]2(c3cc(C#CC4=CCCCC4)ccc31)[C@H](C(=O)Nc1ccc(N3CCOCC3)cc1)[C@H]1C(=O)O[C@H](c3ccccc3)[C@H](c3ccccc3)N1[C@@H]2c1cccc(OCCO)c1. The highest BCUT2D eigenvalue weighted by atomic mass is 16.6. The van der Waals surface area contributed by atoms with E-state index in [-0.39, 0.29) is 32.1 Å². The molecule has 1 spiro atoms. The van der Waals surface area contributed by atoms with Gasteiger partial charge in [-0.3, -0.25) is 19.3 Å². The van der Waals surface area contributed by atoms with Crippen LogP contribution in [0, 0.1) is 17.8 Å². The van der Waals surface area contributed by atoms with Crippen LogP contribution in [0.3, 0.4) is 0 Å². The summed E-state index contributed by atoms with van der Waals surface area (Å²) in [7, 11) is 1.48. The third-order valence-electron chi connectivity index (χ3n) is 14.1. The second kappa shape index (κ2) is 21.0. The number of amides is 3. The number of carbonyl (C=O) groups is 4. The number of rotatable bonds is 12. The van der Waals surface area contributed by atoms with Crippen LogP contribution in [-0.4, -0.2) is 99.8 Å². The number of allylic oxidation sites excluding steroid dienone is 2. The van der Waals surface area contributed by atoms with Crippen molar-refractivity contribution < 1.29 is 48.0 Å². The van der Waals surface area contributed by atoms with E-state index in [9.17, 15) is 9.90 Å². The first-order chi connectivity index (χ1) is 34.8. The largest absolute Gasteiger partial charge is 0.491 e. The Bertz CT molecular complexity index is 2860. The zero-order valence-electron chi connectivity index (χ0n) is 39.5. The van der Waals surface area contributed by atoms with Gasteiger partial charge in [-0.15, -0.1) is 0 Å². The van der Waals surface area contributed by atoms with Crippen LogP contribution in [0.1, 0.15) is 71.7 Å². The molecule has 3 fully saturated rings. The lowest BCUT2D eigenvalue weighted by atomic mass is 9.65. The summed E-state index contributed by atoms with van der Waals surface area (Å²) in [6.45, 7) is 2.26. The summed E-state index contributed by atoms with van der Waals surface area (Å²) in [5.41, 5.74) is 3.37. The summed E-state index contributed by atoms with van der Waals surface area (Å²) >= 11 is 0. The number of methoxy groups -OCH3 is 1. The second-order valence-corrected chi connectivity index (χ2v) is 18.2. The van der Waals surface area contributed by atoms with Gasteiger partial charge in [-0.25, -0.2) is 9.69 Å². The van der Waals surface area contributed by atoms with Crippen LogP contribution >= 0.6 is 0 Å². The lowest BCUT2D eigenvalue weighted by Gasteiger charge is -2.46. The Labute approximate surface area is 413 Å². The average Bonchev–Trinajstić information content (AvgIpc) is 3.87. The van der Waals surface area contributed by atoms with Gasteiger partial charge in [-0.2, -0.15) is 0 Å². The Kier molecular flexibility index (Phi) is 14.0. The van der Waals surface area contributed by atoms with E-state index in [0.29, 0.717) is 60.0 Å². The molecule has 364 valence electrons. The molecule has 3 amide bonds. The topological polar surface area (TPSA) is 156 Å². The maximum Gasteiger partial charge on any atom is 0.421 e. The Balaban J connectivity index is 1.24. The first-order valence-electron chi connectivity index (χ1n) is 24.3. The molecule has 5 aromatic rings. The molecule has 6 atom stereocenters. The number of aliphatic hydroxyl groups is 1. The normalized spacial score (nSPS) is 23.7. The Morgan fingerprint density at radius 3 is 2.27 bits per heavy atom. The maximum atomic E-state index is 16.6. The average molecular weight is 957 g/mol. The summed E-state index contributed by atoms with van der Waals surface area (Å²) in [5, 5.41) is 13.0. The fourth-order valence-electron chi connectivity index (χ4n) is 11.1. The molecule has 0 radical (unpaired) electrons. The van der Waals surface area contributed by atoms with Gasteiger partial charge in [0.2, 0.25) is 11.8 Å². The van der Waals surface area contributed by atoms with Crippen LogP contribution in [-0.2, 0) is 38.7 Å². The van der Waals surface area contributed by atoms with E-state index in [0.717, 1.165) is 47.4 Å². The van der Waals surface area contributed by atoms with Crippen LogP contribution in [0.25, 0.3) is 0 Å². The second-order valence-electron chi connectivity index (χ2n) is 18.2. The lowest BCUT2D eigenvalue weighted by Crippen LogP contribution is -2.54. The van der Waals surface area contributed by atoms with E-state index in [4.69, 9.17) is 23.7 Å². The number of anilines is 3. The van der Waals surface area contributed by atoms with Crippen molar-refractivity contribution in [1.29, 1.82) is 0 Å². The third kappa shape index (κ3) is 9.06. The minimum Gasteiger partial charge on any atom is -0.491 e. The standard InChI is InChI=1S/C57H56N4O10/c1-67-34-35-70-56(66)60-47-27-22-39(21-20-38-12-5-2-6-13-38)36-46(47)57(55(60)65)48(53(63)58-43-23-25-44(26-24-43)59-28-31-68-32-29-59)50-54(64)71-51(41-16-9-4-10-17-41)49(40-14-7-3-8-15-40)61(50)52(57)42-18-11-19-45(37-42)69-33-30-62/h3-4,7-12,14-19,22-27,36-37,48-52,62H,2,5-6,13,28-35H2,1H3,(H,58,63)/t48-,49-,50-,51+,52+,57-/m0/s1. The maximum absolute atomic E-state index is 16.6. The number of hydrogen-bond acceptors (Lipinski definition) is 12. The fraction of sp³-hybridized carbons (Fsp3) is 0.333. The molecule has 5 aliphatic rings. The van der Waals surface area contributed by atoms with E-state index in [1.54, 1.807) is 48.5 Å². The molecule has 0 bridgehead atoms. The van der Waals surface area contributed by atoms with Gasteiger partial charge in [-0.05, 0) is 108 Å². The van der Waals surface area contributed by atoms with Crippen molar-refractivity contribution in [3.63, 3.8) is 0 Å². The van der Waals surface area contributed by atoms with Gasteiger partial charge < -0.3 is 39.0 Å². The molecule has 0 unspecified atom stereocenters. The highest BCUT2D eigenvalue weighted by Crippen LogP contribution is 2.66. The van der Waals surface area contributed by atoms with Crippen molar-refractivity contribution in [2.24, 2.45) is 5.92 Å². The summed E-state index contributed by atoms with van der Waals surface area (Å²) < 4.78 is 29.2. The number of aliphatic hydroxyl groups excluding tert-OH is 1. The number of benzene rings is 5. The summed E-state index contributed by atoms with van der Waals surface area (Å²) in [4.78, 5) is 67.9. The van der Waals surface area contributed by atoms with E-state index >= 15 is 14.4 Å². The van der Waals surface area contributed by atoms with Crippen LogP contribution < -0.4 is 19.9 Å². The number of fused-ring (bicyclic) bond motifs is 3. The third-order valence-corrected chi connectivity index (χ3v) is 14.1. The zero-order valence-corrected chi connectivity index (χ0v) is 39.5. The van der Waals surface area contributed by atoms with Crippen LogP contribution in [0.2, 0.25) is 0 Å². The molecular weight excluding hydrogens is 901 g/mol. The molecule has 3 saturated heterocycles. The summed E-state index contributed by atoms with van der Waals surface area (Å²) in [6.07, 6.45) is 4.15. The highest BCUT2D eigenvalue weighted by Gasteiger charge is 2.76. The van der Waals surface area contributed by atoms with Crippen LogP contribution in [0.4, 0.5) is 21.9 Å². The van der Waals surface area contributed by atoms with E-state index < -0.39 is 59.4 Å². The first kappa shape index (κ1) is 47.4. The first-order valence-corrected chi connectivity index (χ1v) is 24.3. The van der Waals surface area contributed by atoms with E-state index in [1.807, 2.05) is 83.8 Å². The molecule has 2 N–H and O–H groups in total. The molecule has 14 heteroatoms. The smallest absolute Gasteiger partial charge is 0.421 e. The molecule has 14 nitrogen and oxygen atoms in total. The Hall–Kier alpha value is -7.28. The van der Waals surface area contributed by atoms with E-state index in [2.05, 4.69) is 28.1 Å². The van der Waals surface area contributed by atoms with Crippen molar-refractivity contribution in [3.05, 3.63) is 167 Å².